The third-order valence-electron chi connectivity index (χ3n) is 5.69. The van der Waals surface area contributed by atoms with E-state index in [1.54, 1.807) is 16.4 Å². The summed E-state index contributed by atoms with van der Waals surface area (Å²) in [5.74, 6) is 0.157. The van der Waals surface area contributed by atoms with Crippen molar-refractivity contribution in [1.29, 1.82) is 0 Å². The lowest BCUT2D eigenvalue weighted by atomic mass is 9.94. The molecule has 2 N–H and O–H groups in total. The van der Waals surface area contributed by atoms with Crippen LogP contribution in [0.4, 0.5) is 11.4 Å². The zero-order valence-corrected chi connectivity index (χ0v) is 19.7. The van der Waals surface area contributed by atoms with Crippen molar-refractivity contribution in [2.75, 3.05) is 23.7 Å². The lowest BCUT2D eigenvalue weighted by Crippen LogP contribution is -2.42. The minimum absolute atomic E-state index is 0.0223. The van der Waals surface area contributed by atoms with Crippen molar-refractivity contribution in [3.63, 3.8) is 0 Å². The zero-order chi connectivity index (χ0) is 22.9. The summed E-state index contributed by atoms with van der Waals surface area (Å²) in [4.78, 5) is 26.0. The van der Waals surface area contributed by atoms with E-state index < -0.39 is 15.3 Å². The predicted octanol–water partition coefficient (Wildman–Crippen LogP) is 3.79. The Morgan fingerprint density at radius 3 is 2.44 bits per heavy atom. The number of hydrogen-bond donors (Lipinski definition) is 2. The second-order valence-electron chi connectivity index (χ2n) is 8.64. The number of rotatable bonds is 5. The normalized spacial score (nSPS) is 23.8. The van der Waals surface area contributed by atoms with Gasteiger partial charge in [0.2, 0.25) is 21.8 Å². The van der Waals surface area contributed by atoms with Crippen LogP contribution in [0.25, 0.3) is 0 Å². The van der Waals surface area contributed by atoms with E-state index in [4.69, 9.17) is 0 Å². The summed E-state index contributed by atoms with van der Waals surface area (Å²) in [6.07, 6.45) is 1.05. The quantitative estimate of drug-likeness (QED) is 0.689. The van der Waals surface area contributed by atoms with Crippen LogP contribution in [-0.4, -0.2) is 42.9 Å². The van der Waals surface area contributed by atoms with Crippen molar-refractivity contribution < 1.29 is 18.0 Å². The van der Waals surface area contributed by atoms with Gasteiger partial charge in [-0.1, -0.05) is 26.0 Å². The van der Waals surface area contributed by atoms with Gasteiger partial charge in [0.05, 0.1) is 15.8 Å². The molecule has 32 heavy (non-hydrogen) atoms. The Labute approximate surface area is 193 Å². The van der Waals surface area contributed by atoms with Crippen molar-refractivity contribution in [1.82, 2.24) is 4.31 Å². The molecule has 2 aliphatic rings. The molecule has 0 aromatic heterocycles. The number of nitrogens with one attached hydrogen (secondary N) is 2. The van der Waals surface area contributed by atoms with Crippen molar-refractivity contribution in [2.24, 2.45) is 11.8 Å². The number of thioether (sulfide) groups is 1. The number of carbonyl (C=O) groups is 2. The topological polar surface area (TPSA) is 95.6 Å². The number of para-hydroxylation sites is 1. The first-order chi connectivity index (χ1) is 15.2. The zero-order valence-electron chi connectivity index (χ0n) is 18.1. The van der Waals surface area contributed by atoms with E-state index in [0.717, 1.165) is 17.0 Å². The van der Waals surface area contributed by atoms with Gasteiger partial charge in [0.15, 0.2) is 0 Å². The fourth-order valence-electron chi connectivity index (χ4n) is 4.27. The Kier molecular flexibility index (Phi) is 6.60. The van der Waals surface area contributed by atoms with E-state index in [1.165, 1.54) is 23.9 Å². The van der Waals surface area contributed by atoms with Crippen molar-refractivity contribution >= 4 is 45.0 Å². The van der Waals surface area contributed by atoms with E-state index >= 15 is 0 Å². The third-order valence-corrected chi connectivity index (χ3v) is 8.81. The molecule has 0 saturated carbocycles. The van der Waals surface area contributed by atoms with Crippen molar-refractivity contribution in [2.45, 2.75) is 41.7 Å². The van der Waals surface area contributed by atoms with Crippen LogP contribution in [0, 0.1) is 11.8 Å². The molecule has 2 amide bonds. The van der Waals surface area contributed by atoms with Crippen LogP contribution in [0.5, 0.6) is 0 Å². The smallest absolute Gasteiger partial charge is 0.243 e. The number of fused-ring (bicyclic) bond motifs is 1. The maximum atomic E-state index is 13.0. The van der Waals surface area contributed by atoms with Crippen LogP contribution in [-0.2, 0) is 19.6 Å². The molecule has 2 aromatic rings. The average Bonchev–Trinajstić information content (AvgIpc) is 2.74. The molecule has 1 saturated heterocycles. The fourth-order valence-corrected chi connectivity index (χ4v) is 7.06. The Morgan fingerprint density at radius 2 is 1.75 bits per heavy atom. The van der Waals surface area contributed by atoms with Crippen LogP contribution in [0.3, 0.4) is 0 Å². The van der Waals surface area contributed by atoms with Gasteiger partial charge in [-0.15, -0.1) is 11.8 Å². The van der Waals surface area contributed by atoms with Crippen molar-refractivity contribution in [3.8, 4) is 0 Å². The molecule has 0 bridgehead atoms. The number of nitrogens with zero attached hydrogens (tertiary/aromatic N) is 1. The number of benzene rings is 2. The second kappa shape index (κ2) is 9.25. The molecule has 170 valence electrons. The lowest BCUT2D eigenvalue weighted by Gasteiger charge is -2.34. The molecule has 0 aliphatic carbocycles. The number of amides is 2. The van der Waals surface area contributed by atoms with Crippen molar-refractivity contribution in [3.05, 3.63) is 48.5 Å². The van der Waals surface area contributed by atoms with Gasteiger partial charge in [0.25, 0.3) is 0 Å². The van der Waals surface area contributed by atoms with Crippen LogP contribution < -0.4 is 10.6 Å². The van der Waals surface area contributed by atoms with E-state index in [0.29, 0.717) is 30.6 Å². The monoisotopic (exact) mass is 473 g/mol. The number of anilines is 2. The van der Waals surface area contributed by atoms with Gasteiger partial charge < -0.3 is 10.6 Å². The highest BCUT2D eigenvalue weighted by Gasteiger charge is 2.32. The summed E-state index contributed by atoms with van der Waals surface area (Å²) in [6.45, 7) is 5.19. The average molecular weight is 474 g/mol. The predicted molar refractivity (Wildman–Crippen MR) is 126 cm³/mol. The summed E-state index contributed by atoms with van der Waals surface area (Å²) in [6, 6.07) is 13.7. The highest BCUT2D eigenvalue weighted by Crippen LogP contribution is 2.36. The molecule has 0 spiro atoms. The molecule has 2 heterocycles. The van der Waals surface area contributed by atoms with Crippen LogP contribution in [0.2, 0.25) is 0 Å². The van der Waals surface area contributed by atoms with E-state index in [1.807, 2.05) is 24.3 Å². The third kappa shape index (κ3) is 5.00. The van der Waals surface area contributed by atoms with Gasteiger partial charge in [-0.2, -0.15) is 4.31 Å². The maximum absolute atomic E-state index is 13.0. The molecule has 0 unspecified atom stereocenters. The SMILES string of the molecule is C[C@@H]1C[C@@H](C)CN(S(=O)(=O)c2ccc(NC(=O)C[C@@H]3Sc4ccccc4NC3=O)cc2)C1. The Balaban J connectivity index is 1.38. The van der Waals surface area contributed by atoms with Gasteiger partial charge in [0.1, 0.15) is 0 Å². The standard InChI is InChI=1S/C23H27N3O4S2/c1-15-11-16(2)14-26(13-15)32(29,30)18-9-7-17(8-10-18)24-22(27)12-21-23(28)25-19-5-3-4-6-20(19)31-21/h3-10,15-16,21H,11-14H2,1-2H3,(H,24,27)(H,25,28)/t15-,16-,21+/m1/s1. The molecule has 1 fully saturated rings. The first-order valence-corrected chi connectivity index (χ1v) is 13.0. The Morgan fingerprint density at radius 1 is 1.09 bits per heavy atom. The molecule has 0 radical (unpaired) electrons. The molecule has 4 rings (SSSR count). The highest BCUT2D eigenvalue weighted by molar-refractivity contribution is 8.01. The summed E-state index contributed by atoms with van der Waals surface area (Å²) in [7, 11) is -3.57. The number of carbonyl (C=O) groups excluding carboxylic acids is 2. The van der Waals surface area contributed by atoms with Gasteiger partial charge in [-0.05, 0) is 54.7 Å². The van der Waals surface area contributed by atoms with Crippen LogP contribution >= 0.6 is 11.8 Å². The fraction of sp³-hybridized carbons (Fsp3) is 0.391. The molecule has 2 aromatic carbocycles. The van der Waals surface area contributed by atoms with Crippen LogP contribution in [0.15, 0.2) is 58.3 Å². The molecular weight excluding hydrogens is 446 g/mol. The van der Waals surface area contributed by atoms with E-state index in [-0.39, 0.29) is 23.1 Å². The summed E-state index contributed by atoms with van der Waals surface area (Å²) >= 11 is 1.37. The maximum Gasteiger partial charge on any atom is 0.243 e. The molecule has 3 atom stereocenters. The molecule has 7 nitrogen and oxygen atoms in total. The molecular formula is C23H27N3O4S2. The van der Waals surface area contributed by atoms with Crippen LogP contribution in [0.1, 0.15) is 26.7 Å². The Hall–Kier alpha value is -2.36. The van der Waals surface area contributed by atoms with Gasteiger partial charge in [0, 0.05) is 30.1 Å². The Bertz CT molecular complexity index is 1110. The number of hydrogen-bond acceptors (Lipinski definition) is 5. The minimum atomic E-state index is -3.57. The van der Waals surface area contributed by atoms with Gasteiger partial charge in [-0.3, -0.25) is 9.59 Å². The van der Waals surface area contributed by atoms with E-state index in [9.17, 15) is 18.0 Å². The first-order valence-electron chi connectivity index (χ1n) is 10.7. The second-order valence-corrected chi connectivity index (χ2v) is 11.8. The first kappa shape index (κ1) is 22.8. The summed E-state index contributed by atoms with van der Waals surface area (Å²) < 4.78 is 27.6. The summed E-state index contributed by atoms with van der Waals surface area (Å²) in [5.41, 5.74) is 1.25. The number of sulfonamides is 1. The molecule has 9 heteroatoms. The van der Waals surface area contributed by atoms with Gasteiger partial charge >= 0.3 is 0 Å². The lowest BCUT2D eigenvalue weighted by molar-refractivity contribution is -0.120. The number of piperidine rings is 1. The van der Waals surface area contributed by atoms with E-state index in [2.05, 4.69) is 24.5 Å². The largest absolute Gasteiger partial charge is 0.326 e. The highest BCUT2D eigenvalue weighted by atomic mass is 32.2. The minimum Gasteiger partial charge on any atom is -0.326 e. The van der Waals surface area contributed by atoms with Gasteiger partial charge in [-0.25, -0.2) is 8.42 Å². The summed E-state index contributed by atoms with van der Waals surface area (Å²) in [5, 5.41) is 5.07. The molecule has 2 aliphatic heterocycles.